The van der Waals surface area contributed by atoms with Gasteiger partial charge in [0, 0.05) is 14.8 Å². The van der Waals surface area contributed by atoms with Gasteiger partial charge in [0.05, 0.1) is 0 Å². The molecule has 2 aromatic carbocycles. The molecule has 0 spiro atoms. The molecule has 0 amide bonds. The predicted octanol–water partition coefficient (Wildman–Crippen LogP) is 4.13. The molecule has 0 saturated heterocycles. The van der Waals surface area contributed by atoms with Crippen molar-refractivity contribution < 1.29 is 4.39 Å². The fourth-order valence-corrected chi connectivity index (χ4v) is 2.87. The van der Waals surface area contributed by atoms with Crippen LogP contribution in [0.5, 0.6) is 0 Å². The minimum absolute atomic E-state index is 0.229. The highest BCUT2D eigenvalue weighted by Gasteiger charge is 2.05. The molecular formula is C14H13ClFNS. The van der Waals surface area contributed by atoms with Crippen LogP contribution in [0.2, 0.25) is 5.02 Å². The van der Waals surface area contributed by atoms with Crippen LogP contribution >= 0.6 is 23.4 Å². The van der Waals surface area contributed by atoms with Crippen LogP contribution < -0.4 is 5.73 Å². The maximum Gasteiger partial charge on any atom is 0.123 e. The standard InChI is InChI=1S/C14H13ClFNS/c15-11-2-1-10(7-8-17)14(9-11)18-13-5-3-12(16)4-6-13/h1-6,9H,7-8,17H2. The van der Waals surface area contributed by atoms with Gasteiger partial charge in [-0.05, 0) is 54.9 Å². The molecule has 0 saturated carbocycles. The van der Waals surface area contributed by atoms with Crippen molar-refractivity contribution in [1.82, 2.24) is 0 Å². The van der Waals surface area contributed by atoms with Crippen LogP contribution in [-0.4, -0.2) is 6.54 Å². The first-order chi connectivity index (χ1) is 8.69. The number of halogens is 2. The van der Waals surface area contributed by atoms with Gasteiger partial charge in [-0.2, -0.15) is 0 Å². The lowest BCUT2D eigenvalue weighted by Gasteiger charge is -2.09. The minimum Gasteiger partial charge on any atom is -0.330 e. The Hall–Kier alpha value is -1.03. The van der Waals surface area contributed by atoms with Crippen molar-refractivity contribution in [2.24, 2.45) is 5.73 Å². The number of nitrogens with two attached hydrogens (primary N) is 1. The van der Waals surface area contributed by atoms with Gasteiger partial charge in [0.15, 0.2) is 0 Å². The summed E-state index contributed by atoms with van der Waals surface area (Å²) in [5, 5.41) is 0.695. The topological polar surface area (TPSA) is 26.0 Å². The monoisotopic (exact) mass is 281 g/mol. The number of benzene rings is 2. The van der Waals surface area contributed by atoms with Crippen LogP contribution in [0.1, 0.15) is 5.56 Å². The Morgan fingerprint density at radius 3 is 2.50 bits per heavy atom. The van der Waals surface area contributed by atoms with Gasteiger partial charge < -0.3 is 5.73 Å². The first-order valence-electron chi connectivity index (χ1n) is 5.61. The van der Waals surface area contributed by atoms with Crippen molar-refractivity contribution in [2.45, 2.75) is 16.2 Å². The lowest BCUT2D eigenvalue weighted by molar-refractivity contribution is 0.626. The van der Waals surface area contributed by atoms with E-state index in [4.69, 9.17) is 17.3 Å². The molecule has 18 heavy (non-hydrogen) atoms. The summed E-state index contributed by atoms with van der Waals surface area (Å²) in [6.45, 7) is 0.596. The van der Waals surface area contributed by atoms with Crippen LogP contribution in [-0.2, 0) is 6.42 Å². The zero-order chi connectivity index (χ0) is 13.0. The van der Waals surface area contributed by atoms with Crippen LogP contribution in [0.15, 0.2) is 52.3 Å². The molecule has 0 fully saturated rings. The number of hydrogen-bond acceptors (Lipinski definition) is 2. The average Bonchev–Trinajstić information content (AvgIpc) is 2.36. The summed E-state index contributed by atoms with van der Waals surface area (Å²) in [5.41, 5.74) is 6.75. The third kappa shape index (κ3) is 3.48. The van der Waals surface area contributed by atoms with Gasteiger partial charge in [-0.1, -0.05) is 29.4 Å². The van der Waals surface area contributed by atoms with E-state index in [1.807, 2.05) is 18.2 Å². The first kappa shape index (κ1) is 13.4. The van der Waals surface area contributed by atoms with Gasteiger partial charge in [-0.25, -0.2) is 4.39 Å². The first-order valence-corrected chi connectivity index (χ1v) is 6.80. The third-order valence-electron chi connectivity index (χ3n) is 2.48. The van der Waals surface area contributed by atoms with E-state index in [0.717, 1.165) is 21.8 Å². The van der Waals surface area contributed by atoms with E-state index in [0.29, 0.717) is 11.6 Å². The molecule has 2 rings (SSSR count). The molecule has 0 aliphatic rings. The second-order valence-corrected chi connectivity index (χ2v) is 5.40. The van der Waals surface area contributed by atoms with Gasteiger partial charge in [-0.15, -0.1) is 0 Å². The molecule has 94 valence electrons. The molecule has 2 N–H and O–H groups in total. The van der Waals surface area contributed by atoms with Gasteiger partial charge in [-0.3, -0.25) is 0 Å². The Labute approximate surface area is 115 Å². The second kappa shape index (κ2) is 6.23. The van der Waals surface area contributed by atoms with Crippen LogP contribution in [0.4, 0.5) is 4.39 Å². The minimum atomic E-state index is -0.229. The van der Waals surface area contributed by atoms with Crippen molar-refractivity contribution in [3.8, 4) is 0 Å². The molecule has 0 bridgehead atoms. The Bertz CT molecular complexity index is 528. The third-order valence-corrected chi connectivity index (χ3v) is 3.83. The Balaban J connectivity index is 2.26. The Kier molecular flexibility index (Phi) is 4.64. The summed E-state index contributed by atoms with van der Waals surface area (Å²) in [7, 11) is 0. The molecule has 4 heteroatoms. The summed E-state index contributed by atoms with van der Waals surface area (Å²) in [4.78, 5) is 2.05. The summed E-state index contributed by atoms with van der Waals surface area (Å²) in [5.74, 6) is -0.229. The maximum absolute atomic E-state index is 12.8. The van der Waals surface area contributed by atoms with Gasteiger partial charge in [0.2, 0.25) is 0 Å². The Morgan fingerprint density at radius 1 is 1.11 bits per heavy atom. The summed E-state index contributed by atoms with van der Waals surface area (Å²) >= 11 is 7.57. The van der Waals surface area contributed by atoms with Crippen molar-refractivity contribution in [2.75, 3.05) is 6.54 Å². The van der Waals surface area contributed by atoms with E-state index in [-0.39, 0.29) is 5.82 Å². The van der Waals surface area contributed by atoms with Crippen molar-refractivity contribution in [1.29, 1.82) is 0 Å². The van der Waals surface area contributed by atoms with E-state index in [1.54, 1.807) is 23.9 Å². The smallest absolute Gasteiger partial charge is 0.123 e. The lowest BCUT2D eigenvalue weighted by Crippen LogP contribution is -2.03. The Morgan fingerprint density at radius 2 is 1.83 bits per heavy atom. The highest BCUT2D eigenvalue weighted by molar-refractivity contribution is 7.99. The number of rotatable bonds is 4. The van der Waals surface area contributed by atoms with E-state index in [1.165, 1.54) is 12.1 Å². The molecule has 0 atom stereocenters. The molecule has 1 nitrogen and oxygen atoms in total. The lowest BCUT2D eigenvalue weighted by atomic mass is 10.1. The SMILES string of the molecule is NCCc1ccc(Cl)cc1Sc1ccc(F)cc1. The molecule has 0 heterocycles. The maximum atomic E-state index is 12.8. The average molecular weight is 282 g/mol. The van der Waals surface area contributed by atoms with Crippen molar-refractivity contribution >= 4 is 23.4 Å². The highest BCUT2D eigenvalue weighted by atomic mass is 35.5. The van der Waals surface area contributed by atoms with Crippen LogP contribution in [0.3, 0.4) is 0 Å². The molecule has 2 aromatic rings. The summed E-state index contributed by atoms with van der Waals surface area (Å²) in [6.07, 6.45) is 0.806. The fourth-order valence-electron chi connectivity index (χ4n) is 1.62. The van der Waals surface area contributed by atoms with Gasteiger partial charge >= 0.3 is 0 Å². The largest absolute Gasteiger partial charge is 0.330 e. The van der Waals surface area contributed by atoms with Crippen LogP contribution in [0.25, 0.3) is 0 Å². The van der Waals surface area contributed by atoms with Crippen molar-refractivity contribution in [3.63, 3.8) is 0 Å². The molecule has 0 aromatic heterocycles. The molecule has 0 unspecified atom stereocenters. The predicted molar refractivity (Wildman–Crippen MR) is 74.7 cm³/mol. The van der Waals surface area contributed by atoms with E-state index in [2.05, 4.69) is 0 Å². The molecular weight excluding hydrogens is 269 g/mol. The normalized spacial score (nSPS) is 10.6. The zero-order valence-corrected chi connectivity index (χ0v) is 11.3. The van der Waals surface area contributed by atoms with E-state index in [9.17, 15) is 4.39 Å². The van der Waals surface area contributed by atoms with Crippen molar-refractivity contribution in [3.05, 3.63) is 58.9 Å². The highest BCUT2D eigenvalue weighted by Crippen LogP contribution is 2.32. The number of hydrogen-bond donors (Lipinski definition) is 1. The van der Waals surface area contributed by atoms with E-state index < -0.39 is 0 Å². The summed E-state index contributed by atoms with van der Waals surface area (Å²) < 4.78 is 12.8. The molecule has 0 aliphatic carbocycles. The van der Waals surface area contributed by atoms with E-state index >= 15 is 0 Å². The second-order valence-electron chi connectivity index (χ2n) is 3.85. The zero-order valence-electron chi connectivity index (χ0n) is 9.70. The fraction of sp³-hybridized carbons (Fsp3) is 0.143. The summed E-state index contributed by atoms with van der Waals surface area (Å²) in [6, 6.07) is 12.2. The van der Waals surface area contributed by atoms with Gasteiger partial charge in [0.1, 0.15) is 5.82 Å². The molecule has 0 aliphatic heterocycles. The quantitative estimate of drug-likeness (QED) is 0.912. The van der Waals surface area contributed by atoms with Crippen LogP contribution in [0, 0.1) is 5.82 Å². The van der Waals surface area contributed by atoms with Gasteiger partial charge in [0.25, 0.3) is 0 Å². The molecule has 0 radical (unpaired) electrons.